The van der Waals surface area contributed by atoms with Crippen molar-refractivity contribution in [3.63, 3.8) is 0 Å². The van der Waals surface area contributed by atoms with Gasteiger partial charge >= 0.3 is 179 Å². The number of likely N-dealkylation sites (tertiary alicyclic amines) is 1. The molecule has 0 aromatic heterocycles. The molecule has 1 N–H and O–H groups in total. The summed E-state index contributed by atoms with van der Waals surface area (Å²) in [4.78, 5) is 14.4. The van der Waals surface area contributed by atoms with E-state index in [1.165, 1.54) is 51.8 Å². The van der Waals surface area contributed by atoms with E-state index < -0.39 is 27.6 Å². The van der Waals surface area contributed by atoms with Gasteiger partial charge in [-0.1, -0.05) is 0 Å². The number of amides is 1. The summed E-state index contributed by atoms with van der Waals surface area (Å²) in [5, 5.41) is 12.1. The molecule has 1 aliphatic heterocycles. The molecule has 1 saturated heterocycles. The van der Waals surface area contributed by atoms with Crippen molar-refractivity contribution >= 4 is 24.5 Å². The van der Waals surface area contributed by atoms with Gasteiger partial charge in [-0.05, 0) is 0 Å². The molecule has 1 heterocycles. The Bertz CT molecular complexity index is 441. The predicted molar refractivity (Wildman–Crippen MR) is 122 cm³/mol. The number of nitrogens with zero attached hydrogens (tertiary/aromatic N) is 1. The van der Waals surface area contributed by atoms with Crippen LogP contribution < -0.4 is 0 Å². The van der Waals surface area contributed by atoms with E-state index in [1.54, 1.807) is 0 Å². The maximum atomic E-state index is 12.6. The van der Waals surface area contributed by atoms with E-state index in [0.717, 1.165) is 19.3 Å². The van der Waals surface area contributed by atoms with Gasteiger partial charge in [0.25, 0.3) is 0 Å². The summed E-state index contributed by atoms with van der Waals surface area (Å²) in [6, 6.07) is 0. The third kappa shape index (κ3) is 7.70. The summed E-state index contributed by atoms with van der Waals surface area (Å²) in [5.41, 5.74) is -0.466. The maximum absolute atomic E-state index is 12.6. The van der Waals surface area contributed by atoms with E-state index in [1.807, 2.05) is 25.7 Å². The van der Waals surface area contributed by atoms with Crippen LogP contribution in [0.1, 0.15) is 99.3 Å². The van der Waals surface area contributed by atoms with Gasteiger partial charge in [0.2, 0.25) is 0 Å². The van der Waals surface area contributed by atoms with E-state index in [0.29, 0.717) is 13.1 Å². The zero-order valence-electron chi connectivity index (χ0n) is 19.6. The van der Waals surface area contributed by atoms with Crippen LogP contribution in [0, 0.1) is 0 Å². The summed E-state index contributed by atoms with van der Waals surface area (Å²) < 4.78 is 9.08. The second-order valence-corrected chi connectivity index (χ2v) is 24.2. The Balaban J connectivity index is 3.02. The molecule has 1 aliphatic rings. The second kappa shape index (κ2) is 12.0. The van der Waals surface area contributed by atoms with Crippen molar-refractivity contribution in [2.45, 2.75) is 122 Å². The first-order valence-corrected chi connectivity index (χ1v) is 19.3. The van der Waals surface area contributed by atoms with Gasteiger partial charge in [-0.15, -0.1) is 0 Å². The third-order valence-electron chi connectivity index (χ3n) is 6.48. The Morgan fingerprint density at radius 1 is 0.964 bits per heavy atom. The third-order valence-corrected chi connectivity index (χ3v) is 24.8. The van der Waals surface area contributed by atoms with Crippen molar-refractivity contribution in [3.8, 4) is 0 Å². The summed E-state index contributed by atoms with van der Waals surface area (Å²) in [7, 11) is 0. The van der Waals surface area contributed by atoms with Gasteiger partial charge in [0.15, 0.2) is 0 Å². The first-order chi connectivity index (χ1) is 13.1. The average Bonchev–Trinajstić information content (AvgIpc) is 2.83. The molecule has 5 heteroatoms. The minimum absolute atomic E-state index is 0.215. The van der Waals surface area contributed by atoms with Gasteiger partial charge in [0, 0.05) is 0 Å². The Morgan fingerprint density at radius 3 is 1.89 bits per heavy atom. The fourth-order valence-electron chi connectivity index (χ4n) is 4.78. The van der Waals surface area contributed by atoms with Crippen molar-refractivity contribution in [2.75, 3.05) is 13.1 Å². The van der Waals surface area contributed by atoms with Crippen LogP contribution in [0.2, 0.25) is 13.3 Å². The Hall–Kier alpha value is 0.0287. The molecule has 0 bridgehead atoms. The van der Waals surface area contributed by atoms with Gasteiger partial charge in [0.05, 0.1) is 0 Å². The van der Waals surface area contributed by atoms with E-state index >= 15 is 0 Å². The van der Waals surface area contributed by atoms with Crippen LogP contribution in [-0.2, 0) is 4.74 Å². The minimum atomic E-state index is -2.79. The number of carbonyl (C=O) groups excluding carboxylic acids is 1. The fraction of sp³-hybridized carbons (Fsp3) is 0.957. The second-order valence-electron chi connectivity index (χ2n) is 9.94. The molecule has 4 nitrogen and oxygen atoms in total. The molecule has 1 unspecified atom stereocenters. The molecule has 28 heavy (non-hydrogen) atoms. The Kier molecular flexibility index (Phi) is 11.2. The number of hydrogen-bond acceptors (Lipinski definition) is 3. The Morgan fingerprint density at radius 2 is 1.46 bits per heavy atom. The predicted octanol–water partition coefficient (Wildman–Crippen LogP) is 6.53. The first-order valence-electron chi connectivity index (χ1n) is 11.8. The molecule has 1 atom stereocenters. The van der Waals surface area contributed by atoms with E-state index in [2.05, 4.69) is 20.8 Å². The van der Waals surface area contributed by atoms with Crippen LogP contribution in [0.3, 0.4) is 0 Å². The van der Waals surface area contributed by atoms with Crippen molar-refractivity contribution < 1.29 is 14.6 Å². The van der Waals surface area contributed by atoms with Gasteiger partial charge in [-0.3, -0.25) is 0 Å². The molecular weight excluding hydrogens is 457 g/mol. The zero-order valence-corrected chi connectivity index (χ0v) is 22.5. The number of aliphatic hydroxyl groups is 1. The van der Waals surface area contributed by atoms with Crippen LogP contribution in [0.4, 0.5) is 4.79 Å². The molecule has 166 valence electrons. The molecule has 0 aromatic rings. The molecular formula is C23H47NO3Sn. The topological polar surface area (TPSA) is 49.8 Å². The Labute approximate surface area is 178 Å². The van der Waals surface area contributed by atoms with Crippen molar-refractivity contribution in [1.29, 1.82) is 0 Å². The van der Waals surface area contributed by atoms with E-state index in [-0.39, 0.29) is 6.09 Å². The van der Waals surface area contributed by atoms with Crippen LogP contribution in [0.5, 0.6) is 0 Å². The van der Waals surface area contributed by atoms with E-state index in [9.17, 15) is 9.90 Å². The summed E-state index contributed by atoms with van der Waals surface area (Å²) in [6.07, 6.45) is 9.79. The zero-order chi connectivity index (χ0) is 21.3. The van der Waals surface area contributed by atoms with E-state index in [4.69, 9.17) is 4.74 Å². The number of hydrogen-bond donors (Lipinski definition) is 1. The SMILES string of the molecule is CCC[CH2][Sn]([CH2]CCC)([CH2]CCC)[C]1(O)CCCN(C(=O)OC(C)(C)C)CC1. The van der Waals surface area contributed by atoms with Crippen molar-refractivity contribution in [2.24, 2.45) is 0 Å². The molecule has 1 rings (SSSR count). The molecule has 0 radical (unpaired) electrons. The molecule has 1 fully saturated rings. The number of unbranched alkanes of at least 4 members (excludes halogenated alkanes) is 3. The van der Waals surface area contributed by atoms with Crippen molar-refractivity contribution in [1.82, 2.24) is 4.90 Å². The van der Waals surface area contributed by atoms with Crippen LogP contribution in [0.25, 0.3) is 0 Å². The molecule has 0 saturated carbocycles. The van der Waals surface area contributed by atoms with Gasteiger partial charge < -0.3 is 0 Å². The van der Waals surface area contributed by atoms with Crippen LogP contribution in [0.15, 0.2) is 0 Å². The standard InChI is InChI=1S/C11H20NO3.3C4H9.Sn/c1-11(2,3)15-10(14)12-7-4-5-9(13)6-8-12;3*1-3-4-2;/h13H,4-8H2,1-3H3;3*1,3-4H2,2H3;. The molecule has 1 amide bonds. The first kappa shape index (κ1) is 26.1. The van der Waals surface area contributed by atoms with Crippen LogP contribution >= 0.6 is 0 Å². The molecule has 0 aliphatic carbocycles. The number of rotatable bonds is 10. The summed E-state index contributed by atoms with van der Waals surface area (Å²) in [6.45, 7) is 13.9. The normalized spacial score (nSPS) is 21.5. The van der Waals surface area contributed by atoms with Gasteiger partial charge in [-0.25, -0.2) is 0 Å². The van der Waals surface area contributed by atoms with Gasteiger partial charge in [0.1, 0.15) is 0 Å². The van der Waals surface area contributed by atoms with Crippen molar-refractivity contribution in [3.05, 3.63) is 0 Å². The number of carbonyl (C=O) groups is 1. The van der Waals surface area contributed by atoms with Gasteiger partial charge in [-0.2, -0.15) is 0 Å². The van der Waals surface area contributed by atoms with Crippen LogP contribution in [-0.4, -0.2) is 56.8 Å². The molecule has 0 spiro atoms. The fourth-order valence-corrected chi connectivity index (χ4v) is 23.6. The summed E-state index contributed by atoms with van der Waals surface area (Å²) in [5.74, 6) is 0. The average molecular weight is 504 g/mol. The monoisotopic (exact) mass is 505 g/mol. The quantitative estimate of drug-likeness (QED) is 0.345. The number of ether oxygens (including phenoxy) is 1. The molecule has 0 aromatic carbocycles. The summed E-state index contributed by atoms with van der Waals surface area (Å²) >= 11 is -2.79.